The highest BCUT2D eigenvalue weighted by Crippen LogP contribution is 2.31. The molecule has 0 bridgehead atoms. The number of thiazole rings is 1. The Kier molecular flexibility index (Phi) is 5.36. The Morgan fingerprint density at radius 1 is 1.24 bits per heavy atom. The van der Waals surface area contributed by atoms with Gasteiger partial charge < -0.3 is 4.74 Å². The molecule has 4 nitrogen and oxygen atoms in total. The smallest absolute Gasteiger partial charge is 0.257 e. The molecule has 1 N–H and O–H groups in total. The van der Waals surface area contributed by atoms with Crippen LogP contribution in [0, 0.1) is 6.92 Å². The van der Waals surface area contributed by atoms with Gasteiger partial charge in [-0.25, -0.2) is 4.98 Å². The summed E-state index contributed by atoms with van der Waals surface area (Å²) < 4.78 is 5.46. The summed E-state index contributed by atoms with van der Waals surface area (Å²) in [5, 5.41) is 3.92. The number of aryl methyl sites for hydroxylation is 1. The van der Waals surface area contributed by atoms with E-state index in [9.17, 15) is 4.79 Å². The zero-order valence-electron chi connectivity index (χ0n) is 13.9. The monoisotopic (exact) mass is 372 g/mol. The highest BCUT2D eigenvalue weighted by molar-refractivity contribution is 7.16. The van der Waals surface area contributed by atoms with Crippen LogP contribution in [0.4, 0.5) is 5.13 Å². The highest BCUT2D eigenvalue weighted by atomic mass is 35.5. The van der Waals surface area contributed by atoms with Crippen molar-refractivity contribution in [3.05, 3.63) is 64.0 Å². The number of halogens is 1. The largest absolute Gasteiger partial charge is 0.494 e. The Morgan fingerprint density at radius 2 is 2.00 bits per heavy atom. The van der Waals surface area contributed by atoms with Crippen LogP contribution in [0.1, 0.15) is 22.2 Å². The molecule has 0 atom stereocenters. The molecule has 0 unspecified atom stereocenters. The Bertz CT molecular complexity index is 891. The topological polar surface area (TPSA) is 51.2 Å². The predicted molar refractivity (Wildman–Crippen MR) is 103 cm³/mol. The molecule has 0 aliphatic heterocycles. The fourth-order valence-corrected chi connectivity index (χ4v) is 3.41. The van der Waals surface area contributed by atoms with Gasteiger partial charge in [0.2, 0.25) is 0 Å². The van der Waals surface area contributed by atoms with E-state index in [4.69, 9.17) is 16.3 Å². The van der Waals surface area contributed by atoms with E-state index in [0.717, 1.165) is 21.9 Å². The Balaban J connectivity index is 1.79. The van der Waals surface area contributed by atoms with E-state index in [1.165, 1.54) is 11.3 Å². The number of aromatic nitrogens is 1. The minimum absolute atomic E-state index is 0.227. The van der Waals surface area contributed by atoms with Crippen LogP contribution in [-0.4, -0.2) is 17.5 Å². The van der Waals surface area contributed by atoms with Gasteiger partial charge >= 0.3 is 0 Å². The minimum atomic E-state index is -0.227. The zero-order chi connectivity index (χ0) is 17.8. The number of carbonyl (C=O) groups is 1. The van der Waals surface area contributed by atoms with Gasteiger partial charge in [0.25, 0.3) is 5.91 Å². The molecule has 6 heteroatoms. The van der Waals surface area contributed by atoms with Gasteiger partial charge in [0.05, 0.1) is 12.3 Å². The third kappa shape index (κ3) is 4.18. The molecule has 0 saturated heterocycles. The lowest BCUT2D eigenvalue weighted by Crippen LogP contribution is -2.11. The number of amides is 1. The van der Waals surface area contributed by atoms with Crippen LogP contribution in [0.15, 0.2) is 48.5 Å². The zero-order valence-corrected chi connectivity index (χ0v) is 15.4. The van der Waals surface area contributed by atoms with Crippen LogP contribution in [0.3, 0.4) is 0 Å². The molecule has 128 valence electrons. The molecule has 0 radical (unpaired) electrons. The quantitative estimate of drug-likeness (QED) is 0.650. The molecule has 0 saturated carbocycles. The van der Waals surface area contributed by atoms with Crippen LogP contribution < -0.4 is 10.1 Å². The number of carbonyl (C=O) groups excluding carboxylic acids is 1. The molecule has 1 heterocycles. The summed E-state index contributed by atoms with van der Waals surface area (Å²) in [5.74, 6) is 0.600. The van der Waals surface area contributed by atoms with Crippen molar-refractivity contribution in [3.8, 4) is 17.0 Å². The van der Waals surface area contributed by atoms with Gasteiger partial charge in [-0.2, -0.15) is 0 Å². The fraction of sp³-hybridized carbons (Fsp3) is 0.158. The van der Waals surface area contributed by atoms with Crippen LogP contribution >= 0.6 is 22.9 Å². The minimum Gasteiger partial charge on any atom is -0.494 e. The standard InChI is InChI=1S/C19H17ClN2O2S/c1-3-24-16-9-7-13(8-10-16)17-12(2)25-19(21-17)22-18(23)14-5-4-6-15(20)11-14/h4-11H,3H2,1-2H3,(H,21,22,23). The highest BCUT2D eigenvalue weighted by Gasteiger charge is 2.13. The first-order valence-electron chi connectivity index (χ1n) is 7.84. The molecular formula is C19H17ClN2O2S. The second kappa shape index (κ2) is 7.68. The fourth-order valence-electron chi connectivity index (χ4n) is 2.39. The number of rotatable bonds is 5. The SMILES string of the molecule is CCOc1ccc(-c2nc(NC(=O)c3cccc(Cl)c3)sc2C)cc1. The molecule has 0 fully saturated rings. The normalized spacial score (nSPS) is 10.5. The molecule has 2 aromatic carbocycles. The number of hydrogen-bond donors (Lipinski definition) is 1. The number of benzene rings is 2. The van der Waals surface area contributed by atoms with Crippen molar-refractivity contribution < 1.29 is 9.53 Å². The van der Waals surface area contributed by atoms with E-state index >= 15 is 0 Å². The summed E-state index contributed by atoms with van der Waals surface area (Å²) in [7, 11) is 0. The maximum Gasteiger partial charge on any atom is 0.257 e. The van der Waals surface area contributed by atoms with Crippen LogP contribution in [0.25, 0.3) is 11.3 Å². The number of nitrogens with zero attached hydrogens (tertiary/aromatic N) is 1. The van der Waals surface area contributed by atoms with E-state index in [0.29, 0.717) is 22.3 Å². The summed E-state index contributed by atoms with van der Waals surface area (Å²) in [6, 6.07) is 14.6. The third-order valence-corrected chi connectivity index (χ3v) is 4.66. The first kappa shape index (κ1) is 17.5. The third-order valence-electron chi connectivity index (χ3n) is 3.54. The maximum absolute atomic E-state index is 12.3. The molecule has 1 aromatic heterocycles. The van der Waals surface area contributed by atoms with Gasteiger partial charge in [0, 0.05) is 21.0 Å². The molecule has 3 aromatic rings. The summed E-state index contributed by atoms with van der Waals surface area (Å²) in [6.07, 6.45) is 0. The maximum atomic E-state index is 12.3. The van der Waals surface area contributed by atoms with Crippen molar-refractivity contribution in [2.24, 2.45) is 0 Å². The van der Waals surface area contributed by atoms with Gasteiger partial charge in [0.1, 0.15) is 5.75 Å². The van der Waals surface area contributed by atoms with Crippen LogP contribution in [0.2, 0.25) is 5.02 Å². The molecule has 0 spiro atoms. The van der Waals surface area contributed by atoms with Crippen molar-refractivity contribution >= 4 is 34.0 Å². The van der Waals surface area contributed by atoms with Gasteiger partial charge in [-0.3, -0.25) is 10.1 Å². The molecule has 0 aliphatic carbocycles. The molecule has 25 heavy (non-hydrogen) atoms. The lowest BCUT2D eigenvalue weighted by atomic mass is 10.1. The predicted octanol–water partition coefficient (Wildman–Crippen LogP) is 5.42. The van der Waals surface area contributed by atoms with E-state index in [1.54, 1.807) is 24.3 Å². The number of ether oxygens (including phenoxy) is 1. The van der Waals surface area contributed by atoms with Crippen molar-refractivity contribution in [2.45, 2.75) is 13.8 Å². The first-order valence-corrected chi connectivity index (χ1v) is 9.04. The Hall–Kier alpha value is -2.37. The van der Waals surface area contributed by atoms with Crippen LogP contribution in [0.5, 0.6) is 5.75 Å². The lowest BCUT2D eigenvalue weighted by Gasteiger charge is -2.04. The Labute approximate surface area is 155 Å². The molecule has 3 rings (SSSR count). The number of hydrogen-bond acceptors (Lipinski definition) is 4. The van der Waals surface area contributed by atoms with Crippen molar-refractivity contribution in [1.29, 1.82) is 0 Å². The average molecular weight is 373 g/mol. The summed E-state index contributed by atoms with van der Waals surface area (Å²) in [6.45, 7) is 4.57. The number of anilines is 1. The van der Waals surface area contributed by atoms with Gasteiger partial charge in [0.15, 0.2) is 5.13 Å². The second-order valence-electron chi connectivity index (χ2n) is 5.35. The van der Waals surface area contributed by atoms with Crippen molar-refractivity contribution in [2.75, 3.05) is 11.9 Å². The van der Waals surface area contributed by atoms with Gasteiger partial charge in [-0.05, 0) is 56.3 Å². The average Bonchev–Trinajstić information content (AvgIpc) is 2.96. The summed E-state index contributed by atoms with van der Waals surface area (Å²) in [4.78, 5) is 17.9. The second-order valence-corrected chi connectivity index (χ2v) is 6.99. The summed E-state index contributed by atoms with van der Waals surface area (Å²) in [5.41, 5.74) is 2.35. The van der Waals surface area contributed by atoms with E-state index in [-0.39, 0.29) is 5.91 Å². The summed E-state index contributed by atoms with van der Waals surface area (Å²) >= 11 is 7.38. The lowest BCUT2D eigenvalue weighted by molar-refractivity contribution is 0.102. The Morgan fingerprint density at radius 3 is 2.68 bits per heavy atom. The van der Waals surface area contributed by atoms with Crippen molar-refractivity contribution in [3.63, 3.8) is 0 Å². The van der Waals surface area contributed by atoms with Gasteiger partial charge in [-0.1, -0.05) is 17.7 Å². The first-order chi connectivity index (χ1) is 12.1. The molecule has 1 amide bonds. The number of nitrogens with one attached hydrogen (secondary N) is 1. The molecule has 0 aliphatic rings. The van der Waals surface area contributed by atoms with E-state index < -0.39 is 0 Å². The van der Waals surface area contributed by atoms with Crippen molar-refractivity contribution in [1.82, 2.24) is 4.98 Å². The van der Waals surface area contributed by atoms with E-state index in [2.05, 4.69) is 10.3 Å². The van der Waals surface area contributed by atoms with E-state index in [1.807, 2.05) is 38.1 Å². The van der Waals surface area contributed by atoms with Crippen LogP contribution in [-0.2, 0) is 0 Å². The van der Waals surface area contributed by atoms with Gasteiger partial charge in [-0.15, -0.1) is 11.3 Å². The molecular weight excluding hydrogens is 356 g/mol.